The van der Waals surface area contributed by atoms with E-state index in [1.54, 1.807) is 18.0 Å². The first-order valence-electron chi connectivity index (χ1n) is 5.22. The molecule has 0 aliphatic rings. The Labute approximate surface area is 95.2 Å². The van der Waals surface area contributed by atoms with Crippen molar-refractivity contribution in [3.63, 3.8) is 0 Å². The molecule has 1 aromatic rings. The van der Waals surface area contributed by atoms with Crippen LogP contribution in [0, 0.1) is 0 Å². The highest BCUT2D eigenvalue weighted by molar-refractivity contribution is 7.99. The zero-order valence-electron chi connectivity index (χ0n) is 9.15. The van der Waals surface area contributed by atoms with Crippen molar-refractivity contribution in [2.24, 2.45) is 0 Å². The Balaban J connectivity index is 2.74. The molecule has 0 bridgehead atoms. The number of imidazole rings is 1. The maximum absolute atomic E-state index is 9.17. The van der Waals surface area contributed by atoms with Crippen LogP contribution in [0.15, 0.2) is 24.0 Å². The summed E-state index contributed by atoms with van der Waals surface area (Å²) in [6.07, 6.45) is 5.88. The van der Waals surface area contributed by atoms with Crippen LogP contribution in [0.4, 0.5) is 0 Å². The number of rotatable bonds is 7. The van der Waals surface area contributed by atoms with E-state index >= 15 is 0 Å². The number of thioether (sulfide) groups is 1. The van der Waals surface area contributed by atoms with Crippen molar-refractivity contribution in [1.82, 2.24) is 9.55 Å². The van der Waals surface area contributed by atoms with Crippen molar-refractivity contribution in [3.8, 4) is 0 Å². The van der Waals surface area contributed by atoms with Crippen LogP contribution < -0.4 is 0 Å². The molecule has 1 aromatic heterocycles. The standard InChI is InChI=1S/C11H18N2OS/c1-3-5-6-13-10(9-14)8-12-11(13)15-7-4-2/h4,8,14H,2-3,5-7,9H2,1H3. The lowest BCUT2D eigenvalue weighted by atomic mass is 10.3. The minimum atomic E-state index is 0.0609. The molecule has 0 atom stereocenters. The molecule has 1 N–H and O–H groups in total. The van der Waals surface area contributed by atoms with E-state index in [0.717, 1.165) is 36.0 Å². The lowest BCUT2D eigenvalue weighted by molar-refractivity contribution is 0.268. The van der Waals surface area contributed by atoms with Gasteiger partial charge in [0.25, 0.3) is 0 Å². The Kier molecular flexibility index (Phi) is 5.50. The normalized spacial score (nSPS) is 10.5. The molecule has 0 aliphatic carbocycles. The number of hydrogen-bond donors (Lipinski definition) is 1. The summed E-state index contributed by atoms with van der Waals surface area (Å²) in [6, 6.07) is 0. The molecule has 0 aromatic carbocycles. The van der Waals surface area contributed by atoms with E-state index in [-0.39, 0.29) is 6.61 Å². The summed E-state index contributed by atoms with van der Waals surface area (Å²) in [5.41, 5.74) is 0.898. The number of nitrogens with zero attached hydrogens (tertiary/aromatic N) is 2. The number of unbranched alkanes of at least 4 members (excludes halogenated alkanes) is 1. The third-order valence-corrected chi connectivity index (χ3v) is 3.12. The number of aliphatic hydroxyl groups excluding tert-OH is 1. The van der Waals surface area contributed by atoms with Gasteiger partial charge in [0.2, 0.25) is 0 Å². The lowest BCUT2D eigenvalue weighted by Crippen LogP contribution is -2.04. The summed E-state index contributed by atoms with van der Waals surface area (Å²) in [6.45, 7) is 6.84. The quantitative estimate of drug-likeness (QED) is 0.573. The van der Waals surface area contributed by atoms with Crippen LogP contribution in [0.25, 0.3) is 0 Å². The van der Waals surface area contributed by atoms with Crippen LogP contribution in [-0.4, -0.2) is 20.4 Å². The van der Waals surface area contributed by atoms with Gasteiger partial charge in [-0.3, -0.25) is 0 Å². The third kappa shape index (κ3) is 3.39. The summed E-state index contributed by atoms with van der Waals surface area (Å²) in [5, 5.41) is 10.1. The summed E-state index contributed by atoms with van der Waals surface area (Å²) in [5.74, 6) is 0.855. The van der Waals surface area contributed by atoms with Crippen molar-refractivity contribution in [3.05, 3.63) is 24.5 Å². The number of hydrogen-bond acceptors (Lipinski definition) is 3. The van der Waals surface area contributed by atoms with Gasteiger partial charge < -0.3 is 9.67 Å². The summed E-state index contributed by atoms with van der Waals surface area (Å²) >= 11 is 1.66. The predicted octanol–water partition coefficient (Wildman–Crippen LogP) is 2.45. The smallest absolute Gasteiger partial charge is 0.168 e. The van der Waals surface area contributed by atoms with Gasteiger partial charge in [-0.15, -0.1) is 6.58 Å². The van der Waals surface area contributed by atoms with Crippen LogP contribution in [0.3, 0.4) is 0 Å². The van der Waals surface area contributed by atoms with Gasteiger partial charge in [-0.05, 0) is 6.42 Å². The van der Waals surface area contributed by atoms with Crippen LogP contribution in [-0.2, 0) is 13.2 Å². The van der Waals surface area contributed by atoms with Gasteiger partial charge in [-0.25, -0.2) is 4.98 Å². The molecule has 0 radical (unpaired) electrons. The average Bonchev–Trinajstić information content (AvgIpc) is 2.65. The minimum Gasteiger partial charge on any atom is -0.390 e. The Morgan fingerprint density at radius 2 is 2.47 bits per heavy atom. The highest BCUT2D eigenvalue weighted by atomic mass is 32.2. The molecular weight excluding hydrogens is 208 g/mol. The van der Waals surface area contributed by atoms with Crippen molar-refractivity contribution >= 4 is 11.8 Å². The van der Waals surface area contributed by atoms with Gasteiger partial charge in [-0.2, -0.15) is 0 Å². The van der Waals surface area contributed by atoms with E-state index in [2.05, 4.69) is 23.1 Å². The average molecular weight is 226 g/mol. The first kappa shape index (κ1) is 12.3. The Bertz CT molecular complexity index is 310. The molecule has 1 heterocycles. The van der Waals surface area contributed by atoms with Crippen molar-refractivity contribution in [2.45, 2.75) is 38.1 Å². The SMILES string of the molecule is C=CCSc1ncc(CO)n1CCCC. The first-order chi connectivity index (χ1) is 7.33. The van der Waals surface area contributed by atoms with Crippen LogP contribution in [0.1, 0.15) is 25.5 Å². The van der Waals surface area contributed by atoms with Crippen LogP contribution >= 0.6 is 11.8 Å². The second kappa shape index (κ2) is 6.69. The molecule has 0 unspecified atom stereocenters. The molecule has 4 heteroatoms. The van der Waals surface area contributed by atoms with Gasteiger partial charge >= 0.3 is 0 Å². The molecule has 0 saturated heterocycles. The zero-order chi connectivity index (χ0) is 11.1. The summed E-state index contributed by atoms with van der Waals surface area (Å²) in [4.78, 5) is 4.30. The molecule has 3 nitrogen and oxygen atoms in total. The predicted molar refractivity (Wildman–Crippen MR) is 64.0 cm³/mol. The lowest BCUT2D eigenvalue weighted by Gasteiger charge is -2.08. The Morgan fingerprint density at radius 3 is 3.07 bits per heavy atom. The molecule has 0 aliphatic heterocycles. The maximum Gasteiger partial charge on any atom is 0.168 e. The third-order valence-electron chi connectivity index (χ3n) is 2.13. The highest BCUT2D eigenvalue weighted by Gasteiger charge is 2.08. The van der Waals surface area contributed by atoms with Gasteiger partial charge in [0, 0.05) is 12.3 Å². The molecule has 84 valence electrons. The molecule has 15 heavy (non-hydrogen) atoms. The fourth-order valence-corrected chi connectivity index (χ4v) is 2.08. The summed E-state index contributed by atoms with van der Waals surface area (Å²) < 4.78 is 2.09. The van der Waals surface area contributed by atoms with Crippen molar-refractivity contribution in [2.75, 3.05) is 5.75 Å². The monoisotopic (exact) mass is 226 g/mol. The van der Waals surface area contributed by atoms with Crippen LogP contribution in [0.2, 0.25) is 0 Å². The van der Waals surface area contributed by atoms with E-state index < -0.39 is 0 Å². The molecular formula is C11H18N2OS. The van der Waals surface area contributed by atoms with E-state index in [1.165, 1.54) is 0 Å². The van der Waals surface area contributed by atoms with Crippen molar-refractivity contribution in [1.29, 1.82) is 0 Å². The molecule has 0 fully saturated rings. The number of aliphatic hydroxyl groups is 1. The Hall–Kier alpha value is -0.740. The van der Waals surface area contributed by atoms with E-state index in [1.807, 2.05) is 6.08 Å². The van der Waals surface area contributed by atoms with Crippen LogP contribution in [0.5, 0.6) is 0 Å². The minimum absolute atomic E-state index is 0.0609. The van der Waals surface area contributed by atoms with Crippen molar-refractivity contribution < 1.29 is 5.11 Å². The van der Waals surface area contributed by atoms with E-state index in [0.29, 0.717) is 0 Å². The first-order valence-corrected chi connectivity index (χ1v) is 6.21. The van der Waals surface area contributed by atoms with Gasteiger partial charge in [0.1, 0.15) is 0 Å². The maximum atomic E-state index is 9.17. The largest absolute Gasteiger partial charge is 0.390 e. The topological polar surface area (TPSA) is 38.1 Å². The second-order valence-electron chi connectivity index (χ2n) is 3.30. The highest BCUT2D eigenvalue weighted by Crippen LogP contribution is 2.19. The molecule has 0 spiro atoms. The van der Waals surface area contributed by atoms with Gasteiger partial charge in [-0.1, -0.05) is 31.2 Å². The Morgan fingerprint density at radius 1 is 1.67 bits per heavy atom. The second-order valence-corrected chi connectivity index (χ2v) is 4.28. The fraction of sp³-hybridized carbons (Fsp3) is 0.545. The van der Waals surface area contributed by atoms with E-state index in [4.69, 9.17) is 5.11 Å². The molecule has 1 rings (SSSR count). The van der Waals surface area contributed by atoms with E-state index in [9.17, 15) is 0 Å². The van der Waals surface area contributed by atoms with Gasteiger partial charge in [0.15, 0.2) is 5.16 Å². The van der Waals surface area contributed by atoms with Gasteiger partial charge in [0.05, 0.1) is 18.5 Å². The fourth-order valence-electron chi connectivity index (χ4n) is 1.32. The molecule has 0 amide bonds. The number of aromatic nitrogens is 2. The molecule has 0 saturated carbocycles. The zero-order valence-corrected chi connectivity index (χ0v) is 9.96. The summed E-state index contributed by atoms with van der Waals surface area (Å²) in [7, 11) is 0.